The fraction of sp³-hybridized carbons (Fsp3) is 0.381. The number of nitrogens with one attached hydrogen (secondary N) is 1. The fourth-order valence-electron chi connectivity index (χ4n) is 3.37. The highest BCUT2D eigenvalue weighted by Crippen LogP contribution is 2.20. The van der Waals surface area contributed by atoms with Gasteiger partial charge in [-0.2, -0.15) is 4.31 Å². The van der Waals surface area contributed by atoms with Crippen molar-refractivity contribution in [1.82, 2.24) is 14.2 Å². The van der Waals surface area contributed by atoms with E-state index in [0.717, 1.165) is 16.2 Å². The molecule has 1 aliphatic rings. The van der Waals surface area contributed by atoms with E-state index in [-0.39, 0.29) is 18.0 Å². The summed E-state index contributed by atoms with van der Waals surface area (Å²) in [5.41, 5.74) is 0.957. The van der Waals surface area contributed by atoms with E-state index in [9.17, 15) is 22.8 Å². The third-order valence-corrected chi connectivity index (χ3v) is 7.12. The number of carbonyl (C=O) groups excluding carboxylic acids is 2. The fourth-order valence-corrected chi connectivity index (χ4v) is 4.85. The first-order chi connectivity index (χ1) is 15.3. The molecule has 32 heavy (non-hydrogen) atoms. The van der Waals surface area contributed by atoms with Crippen molar-refractivity contribution in [2.45, 2.75) is 31.8 Å². The molecule has 10 nitrogen and oxygen atoms in total. The van der Waals surface area contributed by atoms with Crippen LogP contribution in [0.15, 0.2) is 52.3 Å². The van der Waals surface area contributed by atoms with E-state index in [1.54, 1.807) is 38.1 Å². The summed E-state index contributed by atoms with van der Waals surface area (Å²) in [6.45, 7) is 4.71. The maximum atomic E-state index is 12.7. The molecule has 1 fully saturated rings. The Balaban J connectivity index is 1.68. The quantitative estimate of drug-likeness (QED) is 0.597. The number of sulfonamides is 1. The summed E-state index contributed by atoms with van der Waals surface area (Å²) in [7, 11) is -3.75. The Kier molecular flexibility index (Phi) is 7.31. The van der Waals surface area contributed by atoms with Crippen LogP contribution in [0.2, 0.25) is 0 Å². The molecule has 1 aliphatic heterocycles. The number of cyclic esters (lactones) is 1. The third kappa shape index (κ3) is 5.17. The Morgan fingerprint density at radius 2 is 1.91 bits per heavy atom. The van der Waals surface area contributed by atoms with Crippen LogP contribution in [0.3, 0.4) is 0 Å². The van der Waals surface area contributed by atoms with Gasteiger partial charge in [-0.25, -0.2) is 13.2 Å². The van der Waals surface area contributed by atoms with Crippen LogP contribution in [0.5, 0.6) is 0 Å². The van der Waals surface area contributed by atoms with Crippen LogP contribution in [0.25, 0.3) is 0 Å². The largest absolute Gasteiger partial charge is 0.447 e. The lowest BCUT2D eigenvalue weighted by Crippen LogP contribution is -2.34. The maximum absolute atomic E-state index is 12.7. The van der Waals surface area contributed by atoms with Gasteiger partial charge in [0.2, 0.25) is 15.9 Å². The van der Waals surface area contributed by atoms with Crippen LogP contribution in [0.1, 0.15) is 19.4 Å². The summed E-state index contributed by atoms with van der Waals surface area (Å²) in [6.07, 6.45) is 0.778. The molecule has 2 amide bonds. The second kappa shape index (κ2) is 9.96. The molecule has 172 valence electrons. The van der Waals surface area contributed by atoms with Crippen molar-refractivity contribution in [2.24, 2.45) is 0 Å². The third-order valence-electron chi connectivity index (χ3n) is 5.09. The zero-order valence-electron chi connectivity index (χ0n) is 18.0. The molecule has 1 aromatic heterocycles. The number of hydrogen-bond donors (Lipinski definition) is 1. The molecule has 0 unspecified atom stereocenters. The molecule has 0 aliphatic carbocycles. The zero-order chi connectivity index (χ0) is 23.3. The lowest BCUT2D eigenvalue weighted by atomic mass is 10.2. The number of anilines is 1. The van der Waals surface area contributed by atoms with Crippen molar-refractivity contribution in [3.63, 3.8) is 0 Å². The number of amides is 2. The van der Waals surface area contributed by atoms with Gasteiger partial charge < -0.3 is 14.6 Å². The Bertz CT molecular complexity index is 1160. The Labute approximate surface area is 186 Å². The first kappa shape index (κ1) is 23.5. The van der Waals surface area contributed by atoms with E-state index in [1.165, 1.54) is 21.5 Å². The molecule has 0 radical (unpaired) electrons. The van der Waals surface area contributed by atoms with Crippen LogP contribution >= 0.6 is 0 Å². The van der Waals surface area contributed by atoms with Crippen LogP contribution in [-0.2, 0) is 32.6 Å². The van der Waals surface area contributed by atoms with E-state index in [4.69, 9.17) is 4.74 Å². The first-order valence-electron chi connectivity index (χ1n) is 10.3. The second-order valence-corrected chi connectivity index (χ2v) is 9.07. The van der Waals surface area contributed by atoms with Gasteiger partial charge in [0.15, 0.2) is 0 Å². The van der Waals surface area contributed by atoms with Gasteiger partial charge in [-0.15, -0.1) is 0 Å². The molecule has 11 heteroatoms. The monoisotopic (exact) mass is 462 g/mol. The summed E-state index contributed by atoms with van der Waals surface area (Å²) in [5, 5.41) is 2.71. The highest BCUT2D eigenvalue weighted by Gasteiger charge is 2.24. The molecule has 0 saturated carbocycles. The lowest BCUT2D eigenvalue weighted by Gasteiger charge is -2.19. The predicted molar refractivity (Wildman–Crippen MR) is 118 cm³/mol. The van der Waals surface area contributed by atoms with Crippen LogP contribution in [0.4, 0.5) is 10.5 Å². The number of aromatic nitrogens is 1. The molecule has 1 saturated heterocycles. The second-order valence-electron chi connectivity index (χ2n) is 7.13. The van der Waals surface area contributed by atoms with Crippen molar-refractivity contribution in [1.29, 1.82) is 0 Å². The molecule has 2 heterocycles. The van der Waals surface area contributed by atoms with Crippen molar-refractivity contribution in [3.8, 4) is 0 Å². The number of hydrogen-bond acceptors (Lipinski definition) is 6. The highest BCUT2D eigenvalue weighted by molar-refractivity contribution is 7.89. The van der Waals surface area contributed by atoms with Gasteiger partial charge in [0.1, 0.15) is 13.2 Å². The van der Waals surface area contributed by atoms with E-state index in [2.05, 4.69) is 5.32 Å². The highest BCUT2D eigenvalue weighted by atomic mass is 32.2. The van der Waals surface area contributed by atoms with E-state index >= 15 is 0 Å². The van der Waals surface area contributed by atoms with Crippen LogP contribution < -0.4 is 15.8 Å². The number of carbonyl (C=O) groups is 2. The summed E-state index contributed by atoms with van der Waals surface area (Å²) in [6, 6.07) is 9.51. The SMILES string of the molecule is CCN(CC)S(=O)(=O)c1ccc(=O)n(CC(=O)NCc2cccc(N3CCOC3=O)c2)c1. The van der Waals surface area contributed by atoms with Gasteiger partial charge >= 0.3 is 6.09 Å². The van der Waals surface area contributed by atoms with Gasteiger partial charge in [-0.05, 0) is 23.8 Å². The molecule has 1 aromatic carbocycles. The normalized spacial score (nSPS) is 14.0. The minimum Gasteiger partial charge on any atom is -0.447 e. The predicted octanol–water partition coefficient (Wildman–Crippen LogP) is 1.15. The molecule has 2 aromatic rings. The van der Waals surface area contributed by atoms with Gasteiger partial charge in [0.25, 0.3) is 5.56 Å². The average molecular weight is 463 g/mol. The lowest BCUT2D eigenvalue weighted by molar-refractivity contribution is -0.121. The van der Waals surface area contributed by atoms with Crippen LogP contribution in [-0.4, -0.2) is 55.5 Å². The zero-order valence-corrected chi connectivity index (χ0v) is 18.8. The van der Waals surface area contributed by atoms with Gasteiger partial charge in [-0.3, -0.25) is 14.5 Å². The molecule has 0 bridgehead atoms. The molecule has 0 atom stereocenters. The molecular weight excluding hydrogens is 436 g/mol. The first-order valence-corrected chi connectivity index (χ1v) is 11.7. The van der Waals surface area contributed by atoms with Gasteiger partial charge in [-0.1, -0.05) is 26.0 Å². The minimum atomic E-state index is -3.75. The van der Waals surface area contributed by atoms with Gasteiger partial charge in [0.05, 0.1) is 11.4 Å². The van der Waals surface area contributed by atoms with Crippen molar-refractivity contribution >= 4 is 27.7 Å². The van der Waals surface area contributed by atoms with Gasteiger partial charge in [0, 0.05) is 37.6 Å². The Hall–Kier alpha value is -3.18. The maximum Gasteiger partial charge on any atom is 0.414 e. The number of nitrogens with zero attached hydrogens (tertiary/aromatic N) is 3. The van der Waals surface area contributed by atoms with E-state index in [1.807, 2.05) is 0 Å². The van der Waals surface area contributed by atoms with E-state index < -0.39 is 27.6 Å². The Morgan fingerprint density at radius 1 is 1.16 bits per heavy atom. The number of pyridine rings is 1. The minimum absolute atomic E-state index is 0.0428. The topological polar surface area (TPSA) is 118 Å². The van der Waals surface area contributed by atoms with E-state index in [0.29, 0.717) is 31.9 Å². The summed E-state index contributed by atoms with van der Waals surface area (Å²) in [5.74, 6) is -0.449. The molecule has 3 rings (SSSR count). The summed E-state index contributed by atoms with van der Waals surface area (Å²) in [4.78, 5) is 37.8. The average Bonchev–Trinajstić information content (AvgIpc) is 3.20. The molecular formula is C21H26N4O6S. The number of ether oxygens (including phenoxy) is 1. The van der Waals surface area contributed by atoms with Crippen molar-refractivity contribution < 1.29 is 22.7 Å². The summed E-state index contributed by atoms with van der Waals surface area (Å²) >= 11 is 0. The summed E-state index contributed by atoms with van der Waals surface area (Å²) < 4.78 is 32.7. The molecule has 1 N–H and O–H groups in total. The standard InChI is InChI=1S/C21H26N4O6S/c1-3-24(4-2)32(29,30)18-8-9-20(27)23(14-18)15-19(26)22-13-16-6-5-7-17(12-16)25-10-11-31-21(25)28/h5-9,12,14H,3-4,10-11,13,15H2,1-2H3,(H,22,26). The smallest absolute Gasteiger partial charge is 0.414 e. The molecule has 0 spiro atoms. The van der Waals surface area contributed by atoms with Crippen molar-refractivity contribution in [3.05, 3.63) is 58.5 Å². The number of benzene rings is 1. The van der Waals surface area contributed by atoms with Crippen LogP contribution in [0, 0.1) is 0 Å². The Morgan fingerprint density at radius 3 is 2.56 bits per heavy atom. The van der Waals surface area contributed by atoms with Crippen molar-refractivity contribution in [2.75, 3.05) is 31.1 Å². The number of rotatable bonds is 9.